The maximum atomic E-state index is 13.9. The third-order valence-corrected chi connectivity index (χ3v) is 2.97. The molecule has 2 N–H and O–H groups in total. The average molecular weight is 263 g/mol. The fraction of sp³-hybridized carbons (Fsp3) is 0.357. The first kappa shape index (κ1) is 13.4. The lowest BCUT2D eigenvalue weighted by atomic mass is 10.1. The zero-order chi connectivity index (χ0) is 14.2. The summed E-state index contributed by atoms with van der Waals surface area (Å²) in [6.07, 6.45) is 0. The van der Waals surface area contributed by atoms with Gasteiger partial charge in [-0.1, -0.05) is 26.0 Å². The minimum absolute atomic E-state index is 0.157. The smallest absolute Gasteiger partial charge is 0.241 e. The summed E-state index contributed by atoms with van der Waals surface area (Å²) in [6.45, 7) is 5.68. The first-order chi connectivity index (χ1) is 8.91. The van der Waals surface area contributed by atoms with Crippen molar-refractivity contribution in [2.75, 3.05) is 5.73 Å². The molecule has 4 nitrogen and oxygen atoms in total. The van der Waals surface area contributed by atoms with Crippen LogP contribution in [0.4, 0.5) is 10.1 Å². The van der Waals surface area contributed by atoms with Crippen LogP contribution in [0.1, 0.15) is 31.0 Å². The topological polar surface area (TPSA) is 53.1 Å². The number of ether oxygens (including phenoxy) is 1. The Bertz CT molecular complexity index is 605. The summed E-state index contributed by atoms with van der Waals surface area (Å²) >= 11 is 0. The predicted octanol–water partition coefficient (Wildman–Crippen LogP) is 3.37. The molecular weight excluding hydrogens is 245 g/mol. The standard InChI is InChI=1S/C14H18FN3O/c1-8(2)13-12(16)14(18(4)17-13)19-10-7-5-6-9(3)11(10)15/h5-8H,16H2,1-4H3. The molecule has 0 unspecified atom stereocenters. The second-order valence-corrected chi connectivity index (χ2v) is 4.87. The molecule has 0 amide bonds. The average Bonchev–Trinajstić information content (AvgIpc) is 2.63. The van der Waals surface area contributed by atoms with E-state index in [9.17, 15) is 4.39 Å². The van der Waals surface area contributed by atoms with Gasteiger partial charge in [0.15, 0.2) is 11.6 Å². The molecule has 102 valence electrons. The van der Waals surface area contributed by atoms with E-state index in [4.69, 9.17) is 10.5 Å². The molecule has 2 aromatic rings. The lowest BCUT2D eigenvalue weighted by Gasteiger charge is -2.09. The van der Waals surface area contributed by atoms with Crippen LogP contribution in [0.3, 0.4) is 0 Å². The molecule has 2 rings (SSSR count). The monoisotopic (exact) mass is 263 g/mol. The zero-order valence-corrected chi connectivity index (χ0v) is 11.6. The van der Waals surface area contributed by atoms with Crippen molar-refractivity contribution in [1.82, 2.24) is 9.78 Å². The van der Waals surface area contributed by atoms with Gasteiger partial charge in [0, 0.05) is 7.05 Å². The molecule has 0 bridgehead atoms. The summed E-state index contributed by atoms with van der Waals surface area (Å²) in [6, 6.07) is 5.00. The van der Waals surface area contributed by atoms with E-state index in [0.717, 1.165) is 5.69 Å². The molecule has 5 heteroatoms. The van der Waals surface area contributed by atoms with E-state index in [1.807, 2.05) is 13.8 Å². The maximum absolute atomic E-state index is 13.9. The van der Waals surface area contributed by atoms with Crippen molar-refractivity contribution in [2.24, 2.45) is 7.05 Å². The second-order valence-electron chi connectivity index (χ2n) is 4.87. The van der Waals surface area contributed by atoms with Crippen LogP contribution in [0.15, 0.2) is 18.2 Å². The van der Waals surface area contributed by atoms with Gasteiger partial charge in [-0.25, -0.2) is 9.07 Å². The van der Waals surface area contributed by atoms with Gasteiger partial charge in [0.25, 0.3) is 0 Å². The van der Waals surface area contributed by atoms with Crippen LogP contribution in [0.5, 0.6) is 11.6 Å². The van der Waals surface area contributed by atoms with Crippen molar-refractivity contribution >= 4 is 5.69 Å². The van der Waals surface area contributed by atoms with Gasteiger partial charge in [-0.2, -0.15) is 5.10 Å². The van der Waals surface area contributed by atoms with Crippen LogP contribution in [0.2, 0.25) is 0 Å². The van der Waals surface area contributed by atoms with Crippen molar-refractivity contribution in [3.05, 3.63) is 35.3 Å². The Morgan fingerprint density at radius 3 is 2.63 bits per heavy atom. The van der Waals surface area contributed by atoms with Crippen LogP contribution in [0, 0.1) is 12.7 Å². The predicted molar refractivity (Wildman–Crippen MR) is 72.9 cm³/mol. The van der Waals surface area contributed by atoms with E-state index in [1.54, 1.807) is 32.2 Å². The quantitative estimate of drug-likeness (QED) is 0.923. The minimum Gasteiger partial charge on any atom is -0.434 e. The largest absolute Gasteiger partial charge is 0.434 e. The molecule has 0 atom stereocenters. The molecule has 0 aliphatic rings. The molecule has 0 aliphatic heterocycles. The molecule has 0 saturated heterocycles. The number of nitrogens with two attached hydrogens (primary N) is 1. The van der Waals surface area contributed by atoms with Crippen LogP contribution < -0.4 is 10.5 Å². The summed E-state index contributed by atoms with van der Waals surface area (Å²) in [7, 11) is 1.73. The Hall–Kier alpha value is -2.04. The van der Waals surface area contributed by atoms with Crippen molar-refractivity contribution < 1.29 is 9.13 Å². The Balaban J connectivity index is 2.41. The SMILES string of the molecule is Cc1cccc(Oc2c(N)c(C(C)C)nn2C)c1F. The maximum Gasteiger partial charge on any atom is 0.241 e. The van der Waals surface area contributed by atoms with Crippen LogP contribution in [-0.2, 0) is 7.05 Å². The first-order valence-electron chi connectivity index (χ1n) is 6.17. The van der Waals surface area contributed by atoms with E-state index in [1.165, 1.54) is 4.68 Å². The third kappa shape index (κ3) is 2.41. The molecular formula is C14H18FN3O. The number of hydrogen-bond donors (Lipinski definition) is 1. The highest BCUT2D eigenvalue weighted by atomic mass is 19.1. The third-order valence-electron chi connectivity index (χ3n) is 2.97. The molecule has 1 aromatic carbocycles. The van der Waals surface area contributed by atoms with Gasteiger partial charge >= 0.3 is 0 Å². The van der Waals surface area contributed by atoms with Crippen molar-refractivity contribution in [2.45, 2.75) is 26.7 Å². The highest BCUT2D eigenvalue weighted by Crippen LogP contribution is 2.34. The molecule has 1 heterocycles. The van der Waals surface area contributed by atoms with Crippen molar-refractivity contribution in [1.29, 1.82) is 0 Å². The van der Waals surface area contributed by atoms with Gasteiger partial charge in [-0.3, -0.25) is 0 Å². The second kappa shape index (κ2) is 4.91. The highest BCUT2D eigenvalue weighted by Gasteiger charge is 2.19. The number of nitrogens with zero attached hydrogens (tertiary/aromatic N) is 2. The fourth-order valence-corrected chi connectivity index (χ4v) is 1.90. The Morgan fingerprint density at radius 2 is 2.05 bits per heavy atom. The van der Waals surface area contributed by atoms with E-state index < -0.39 is 0 Å². The lowest BCUT2D eigenvalue weighted by Crippen LogP contribution is -1.99. The van der Waals surface area contributed by atoms with Crippen molar-refractivity contribution in [3.8, 4) is 11.6 Å². The minimum atomic E-state index is -0.380. The number of hydrogen-bond acceptors (Lipinski definition) is 3. The van der Waals surface area contributed by atoms with Gasteiger partial charge in [-0.05, 0) is 24.5 Å². The number of anilines is 1. The van der Waals surface area contributed by atoms with Gasteiger partial charge in [-0.15, -0.1) is 0 Å². The Morgan fingerprint density at radius 1 is 1.37 bits per heavy atom. The summed E-state index contributed by atoms with van der Waals surface area (Å²) in [4.78, 5) is 0. The fourth-order valence-electron chi connectivity index (χ4n) is 1.90. The lowest BCUT2D eigenvalue weighted by molar-refractivity contribution is 0.403. The Kier molecular flexibility index (Phi) is 3.46. The molecule has 1 aromatic heterocycles. The zero-order valence-electron chi connectivity index (χ0n) is 11.6. The van der Waals surface area contributed by atoms with Gasteiger partial charge in [0.2, 0.25) is 5.88 Å². The van der Waals surface area contributed by atoms with Gasteiger partial charge in [0.05, 0.1) is 5.69 Å². The van der Waals surface area contributed by atoms with E-state index >= 15 is 0 Å². The van der Waals surface area contributed by atoms with E-state index in [0.29, 0.717) is 17.1 Å². The van der Waals surface area contributed by atoms with E-state index in [2.05, 4.69) is 5.10 Å². The van der Waals surface area contributed by atoms with E-state index in [-0.39, 0.29) is 17.5 Å². The molecule has 0 fully saturated rings. The molecule has 0 aliphatic carbocycles. The number of halogens is 1. The summed E-state index contributed by atoms with van der Waals surface area (Å²) in [5.41, 5.74) is 7.75. The number of aryl methyl sites for hydroxylation is 2. The number of nitrogen functional groups attached to an aromatic ring is 1. The highest BCUT2D eigenvalue weighted by molar-refractivity contribution is 5.55. The van der Waals surface area contributed by atoms with Crippen molar-refractivity contribution in [3.63, 3.8) is 0 Å². The number of rotatable bonds is 3. The van der Waals surface area contributed by atoms with Crippen LogP contribution >= 0.6 is 0 Å². The molecule has 19 heavy (non-hydrogen) atoms. The Labute approximate surface area is 112 Å². The van der Waals surface area contributed by atoms with Gasteiger partial charge < -0.3 is 10.5 Å². The van der Waals surface area contributed by atoms with Gasteiger partial charge in [0.1, 0.15) is 5.69 Å². The molecule has 0 radical (unpaired) electrons. The molecule has 0 spiro atoms. The van der Waals surface area contributed by atoms with Crippen LogP contribution in [0.25, 0.3) is 0 Å². The summed E-state index contributed by atoms with van der Waals surface area (Å²) in [5, 5.41) is 4.30. The first-order valence-corrected chi connectivity index (χ1v) is 6.17. The number of benzene rings is 1. The molecule has 0 saturated carbocycles. The normalized spacial score (nSPS) is 11.1. The number of aromatic nitrogens is 2. The van der Waals surface area contributed by atoms with Crippen LogP contribution in [-0.4, -0.2) is 9.78 Å². The summed E-state index contributed by atoms with van der Waals surface area (Å²) < 4.78 is 21.0. The summed E-state index contributed by atoms with van der Waals surface area (Å²) in [5.74, 6) is 0.332.